The highest BCUT2D eigenvalue weighted by Crippen LogP contribution is 2.27. The van der Waals surface area contributed by atoms with Crippen LogP contribution < -0.4 is 5.32 Å². The lowest BCUT2D eigenvalue weighted by Crippen LogP contribution is -2.25. The second-order valence-electron chi connectivity index (χ2n) is 5.15. The molecule has 1 saturated carbocycles. The van der Waals surface area contributed by atoms with Crippen molar-refractivity contribution in [3.8, 4) is 0 Å². The van der Waals surface area contributed by atoms with E-state index >= 15 is 0 Å². The summed E-state index contributed by atoms with van der Waals surface area (Å²) < 4.78 is 6.09. The van der Waals surface area contributed by atoms with Gasteiger partial charge in [-0.3, -0.25) is 0 Å². The van der Waals surface area contributed by atoms with Gasteiger partial charge in [0.2, 0.25) is 0 Å². The van der Waals surface area contributed by atoms with Crippen LogP contribution >= 0.6 is 0 Å². The van der Waals surface area contributed by atoms with E-state index in [9.17, 15) is 0 Å². The first-order chi connectivity index (χ1) is 8.81. The first kappa shape index (κ1) is 13.3. The van der Waals surface area contributed by atoms with Crippen LogP contribution in [-0.4, -0.2) is 17.6 Å². The van der Waals surface area contributed by atoms with Gasteiger partial charge in [0, 0.05) is 18.3 Å². The van der Waals surface area contributed by atoms with Gasteiger partial charge in [-0.05, 0) is 31.7 Å². The van der Waals surface area contributed by atoms with Crippen molar-refractivity contribution in [2.24, 2.45) is 5.92 Å². The topological polar surface area (TPSA) is 34.2 Å². The van der Waals surface area contributed by atoms with E-state index in [-0.39, 0.29) is 0 Å². The van der Waals surface area contributed by atoms with Gasteiger partial charge in [0.05, 0.1) is 12.7 Å². The van der Waals surface area contributed by atoms with Crippen molar-refractivity contribution in [2.75, 3.05) is 11.9 Å². The van der Waals surface area contributed by atoms with Gasteiger partial charge in [-0.15, -0.1) is 0 Å². The summed E-state index contributed by atoms with van der Waals surface area (Å²) in [6.45, 7) is 5.95. The summed E-state index contributed by atoms with van der Waals surface area (Å²) >= 11 is 0. The van der Waals surface area contributed by atoms with E-state index in [0.717, 1.165) is 17.9 Å². The molecule has 1 heterocycles. The number of hydrogen-bond donors (Lipinski definition) is 1. The Morgan fingerprint density at radius 2 is 2.22 bits per heavy atom. The summed E-state index contributed by atoms with van der Waals surface area (Å²) in [6.07, 6.45) is 7.42. The van der Waals surface area contributed by atoms with Gasteiger partial charge in [-0.1, -0.05) is 25.8 Å². The molecule has 3 nitrogen and oxygen atoms in total. The summed E-state index contributed by atoms with van der Waals surface area (Å²) in [5, 5.41) is 3.28. The highest BCUT2D eigenvalue weighted by Gasteiger charge is 2.22. The molecule has 1 aliphatic carbocycles. The Balaban J connectivity index is 1.92. The van der Waals surface area contributed by atoms with E-state index in [0.29, 0.717) is 18.6 Å². The lowest BCUT2D eigenvalue weighted by molar-refractivity contribution is -0.0153. The third-order valence-corrected chi connectivity index (χ3v) is 3.72. The predicted octanol–water partition coefficient (Wildman–Crippen LogP) is 3.61. The fraction of sp³-hybridized carbons (Fsp3) is 0.667. The Morgan fingerprint density at radius 1 is 1.39 bits per heavy atom. The van der Waals surface area contributed by atoms with Gasteiger partial charge in [0.25, 0.3) is 0 Å². The molecule has 100 valence electrons. The summed E-state index contributed by atoms with van der Waals surface area (Å²) in [7, 11) is 0. The first-order valence-electron chi connectivity index (χ1n) is 7.10. The van der Waals surface area contributed by atoms with Crippen LogP contribution in [0.1, 0.15) is 45.1 Å². The number of pyridine rings is 1. The monoisotopic (exact) mass is 248 g/mol. The fourth-order valence-electron chi connectivity index (χ4n) is 2.61. The highest BCUT2D eigenvalue weighted by atomic mass is 16.5. The van der Waals surface area contributed by atoms with Crippen LogP contribution in [0.5, 0.6) is 0 Å². The fourth-order valence-corrected chi connectivity index (χ4v) is 2.61. The van der Waals surface area contributed by atoms with Crippen molar-refractivity contribution in [2.45, 2.75) is 52.2 Å². The minimum atomic E-state index is 0.424. The Morgan fingerprint density at radius 3 is 3.00 bits per heavy atom. The molecule has 2 rings (SSSR count). The van der Waals surface area contributed by atoms with Crippen LogP contribution in [0.25, 0.3) is 0 Å². The average Bonchev–Trinajstić information content (AvgIpc) is 2.40. The molecule has 0 aromatic carbocycles. The van der Waals surface area contributed by atoms with Crippen molar-refractivity contribution in [1.82, 2.24) is 4.98 Å². The molecule has 1 aliphatic rings. The number of nitrogens with zero attached hydrogens (tertiary/aromatic N) is 1. The number of hydrogen-bond acceptors (Lipinski definition) is 3. The summed E-state index contributed by atoms with van der Waals surface area (Å²) in [4.78, 5) is 4.36. The normalized spacial score (nSPS) is 23.9. The van der Waals surface area contributed by atoms with Crippen molar-refractivity contribution in [1.29, 1.82) is 0 Å². The SMILES string of the molecule is CCNc1ncccc1COC1CCCCC1C. The zero-order valence-corrected chi connectivity index (χ0v) is 11.5. The molecule has 18 heavy (non-hydrogen) atoms. The lowest BCUT2D eigenvalue weighted by atomic mass is 9.88. The second-order valence-corrected chi connectivity index (χ2v) is 5.15. The molecule has 1 fully saturated rings. The highest BCUT2D eigenvalue weighted by molar-refractivity contribution is 5.43. The third kappa shape index (κ3) is 3.45. The van der Waals surface area contributed by atoms with E-state index in [4.69, 9.17) is 4.74 Å². The Bertz CT molecular complexity index is 367. The Hall–Kier alpha value is -1.09. The van der Waals surface area contributed by atoms with Gasteiger partial charge in [-0.2, -0.15) is 0 Å². The number of aromatic nitrogens is 1. The molecule has 1 aromatic heterocycles. The van der Waals surface area contributed by atoms with Crippen LogP contribution in [-0.2, 0) is 11.3 Å². The third-order valence-electron chi connectivity index (χ3n) is 3.72. The second kappa shape index (κ2) is 6.74. The van der Waals surface area contributed by atoms with Crippen molar-refractivity contribution < 1.29 is 4.74 Å². The number of ether oxygens (including phenoxy) is 1. The molecule has 0 bridgehead atoms. The summed E-state index contributed by atoms with van der Waals surface area (Å²) in [5.41, 5.74) is 1.16. The zero-order valence-electron chi connectivity index (χ0n) is 11.5. The molecule has 3 heteroatoms. The minimum absolute atomic E-state index is 0.424. The van der Waals surface area contributed by atoms with Crippen LogP contribution in [0.15, 0.2) is 18.3 Å². The maximum atomic E-state index is 6.09. The van der Waals surface area contributed by atoms with Gasteiger partial charge >= 0.3 is 0 Å². The number of nitrogens with one attached hydrogen (secondary N) is 1. The maximum absolute atomic E-state index is 6.09. The molecule has 0 radical (unpaired) electrons. The molecule has 0 aliphatic heterocycles. The average molecular weight is 248 g/mol. The molecule has 2 atom stereocenters. The lowest BCUT2D eigenvalue weighted by Gasteiger charge is -2.29. The van der Waals surface area contributed by atoms with Crippen molar-refractivity contribution in [3.63, 3.8) is 0 Å². The number of rotatable bonds is 5. The largest absolute Gasteiger partial charge is 0.373 e. The van der Waals surface area contributed by atoms with Gasteiger partial charge in [0.1, 0.15) is 5.82 Å². The molecule has 1 N–H and O–H groups in total. The first-order valence-corrected chi connectivity index (χ1v) is 7.10. The smallest absolute Gasteiger partial charge is 0.131 e. The van der Waals surface area contributed by atoms with Gasteiger partial charge < -0.3 is 10.1 Å². The number of anilines is 1. The van der Waals surface area contributed by atoms with Gasteiger partial charge in [0.15, 0.2) is 0 Å². The van der Waals surface area contributed by atoms with Crippen LogP contribution in [0, 0.1) is 5.92 Å². The standard InChI is InChI=1S/C15H24N2O/c1-3-16-15-13(8-6-10-17-15)11-18-14-9-5-4-7-12(14)2/h6,8,10,12,14H,3-5,7,9,11H2,1-2H3,(H,16,17). The van der Waals surface area contributed by atoms with Gasteiger partial charge in [-0.25, -0.2) is 4.98 Å². The van der Waals surface area contributed by atoms with E-state index < -0.39 is 0 Å². The van der Waals surface area contributed by atoms with E-state index in [1.807, 2.05) is 12.3 Å². The Labute approximate surface area is 110 Å². The molecule has 0 spiro atoms. The molecule has 0 saturated heterocycles. The van der Waals surface area contributed by atoms with E-state index in [2.05, 4.69) is 30.2 Å². The zero-order chi connectivity index (χ0) is 12.8. The predicted molar refractivity (Wildman–Crippen MR) is 74.6 cm³/mol. The Kier molecular flexibility index (Phi) is 5.00. The van der Waals surface area contributed by atoms with Crippen LogP contribution in [0.3, 0.4) is 0 Å². The van der Waals surface area contributed by atoms with Crippen molar-refractivity contribution >= 4 is 5.82 Å². The summed E-state index contributed by atoms with van der Waals surface area (Å²) in [6, 6.07) is 4.07. The van der Waals surface area contributed by atoms with Crippen molar-refractivity contribution in [3.05, 3.63) is 23.9 Å². The quantitative estimate of drug-likeness (QED) is 0.864. The molecular weight excluding hydrogens is 224 g/mol. The molecule has 0 amide bonds. The maximum Gasteiger partial charge on any atom is 0.131 e. The van der Waals surface area contributed by atoms with Crippen LogP contribution in [0.4, 0.5) is 5.82 Å². The minimum Gasteiger partial charge on any atom is -0.373 e. The molecular formula is C15H24N2O. The van der Waals surface area contributed by atoms with Crippen LogP contribution in [0.2, 0.25) is 0 Å². The van der Waals surface area contributed by atoms with E-state index in [1.165, 1.54) is 25.7 Å². The molecule has 1 aromatic rings. The summed E-state index contributed by atoms with van der Waals surface area (Å²) in [5.74, 6) is 1.65. The molecule has 2 unspecified atom stereocenters. The van der Waals surface area contributed by atoms with E-state index in [1.54, 1.807) is 0 Å².